The van der Waals surface area contributed by atoms with E-state index in [1.807, 2.05) is 38.1 Å². The van der Waals surface area contributed by atoms with Gasteiger partial charge in [0.05, 0.1) is 12.9 Å². The van der Waals surface area contributed by atoms with Crippen molar-refractivity contribution in [3.05, 3.63) is 29.8 Å². The second-order valence-corrected chi connectivity index (χ2v) is 6.25. The molecule has 134 valence electrons. The van der Waals surface area contributed by atoms with Gasteiger partial charge in [0.25, 0.3) is 0 Å². The molecule has 1 unspecified atom stereocenters. The molecule has 0 aliphatic heterocycles. The molecule has 0 radical (unpaired) electrons. The number of nitrogens with one attached hydrogen (secondary N) is 1. The van der Waals surface area contributed by atoms with Gasteiger partial charge >= 0.3 is 5.97 Å². The number of anilines is 2. The Balaban J connectivity index is 2.22. The van der Waals surface area contributed by atoms with E-state index >= 15 is 0 Å². The van der Waals surface area contributed by atoms with Crippen molar-refractivity contribution < 1.29 is 14.3 Å². The third kappa shape index (κ3) is 4.50. The minimum Gasteiger partial charge on any atom is -0.468 e. The van der Waals surface area contributed by atoms with Crippen LogP contribution in [-0.4, -0.2) is 39.5 Å². The molecule has 0 saturated carbocycles. The fourth-order valence-electron chi connectivity index (χ4n) is 2.28. The molecule has 1 aromatic carbocycles. The van der Waals surface area contributed by atoms with Crippen LogP contribution in [0, 0.1) is 6.92 Å². The number of nitrogen functional groups attached to an aromatic ring is 1. The smallest absolute Gasteiger partial charge is 0.316 e. The van der Waals surface area contributed by atoms with Gasteiger partial charge in [0.2, 0.25) is 11.9 Å². The maximum Gasteiger partial charge on any atom is 0.316 e. The molecule has 1 atom stereocenters. The molecule has 8 nitrogen and oxygen atoms in total. The van der Waals surface area contributed by atoms with Gasteiger partial charge in [-0.05, 0) is 25.0 Å². The van der Waals surface area contributed by atoms with Crippen LogP contribution in [0.4, 0.5) is 11.6 Å². The third-order valence-electron chi connectivity index (χ3n) is 3.64. The average Bonchev–Trinajstić information content (AvgIpc) is 2.96. The average molecular weight is 363 g/mol. The van der Waals surface area contributed by atoms with Crippen LogP contribution in [0.1, 0.15) is 24.9 Å². The summed E-state index contributed by atoms with van der Waals surface area (Å²) in [5.74, 6) is -0.428. The number of rotatable bonds is 7. The highest BCUT2D eigenvalue weighted by molar-refractivity contribution is 7.99. The highest BCUT2D eigenvalue weighted by Gasteiger charge is 2.25. The van der Waals surface area contributed by atoms with Crippen molar-refractivity contribution in [3.8, 4) is 0 Å². The molecule has 0 fully saturated rings. The molecule has 0 bridgehead atoms. The summed E-state index contributed by atoms with van der Waals surface area (Å²) in [6, 6.07) is 6.93. The SMILES string of the molecule is CCC(C(=O)Nc1ccccc1C)n1c(N)nnc1SCC(=O)OC. The number of esters is 1. The number of nitrogens with two attached hydrogens (primary N) is 1. The van der Waals surface area contributed by atoms with Crippen LogP contribution in [0.2, 0.25) is 0 Å². The molecule has 0 saturated heterocycles. The van der Waals surface area contributed by atoms with E-state index in [2.05, 4.69) is 20.3 Å². The van der Waals surface area contributed by atoms with Crippen molar-refractivity contribution in [3.63, 3.8) is 0 Å². The Labute approximate surface area is 150 Å². The molecule has 1 amide bonds. The number of aryl methyl sites for hydroxylation is 1. The van der Waals surface area contributed by atoms with Crippen LogP contribution >= 0.6 is 11.8 Å². The fourth-order valence-corrected chi connectivity index (χ4v) is 3.10. The van der Waals surface area contributed by atoms with E-state index in [1.165, 1.54) is 7.11 Å². The van der Waals surface area contributed by atoms with E-state index < -0.39 is 12.0 Å². The first-order chi connectivity index (χ1) is 12.0. The summed E-state index contributed by atoms with van der Waals surface area (Å²) in [5, 5.41) is 11.1. The fraction of sp³-hybridized carbons (Fsp3) is 0.375. The molecule has 0 aliphatic carbocycles. The Morgan fingerprint density at radius 3 is 2.72 bits per heavy atom. The summed E-state index contributed by atoms with van der Waals surface area (Å²) in [4.78, 5) is 24.1. The highest BCUT2D eigenvalue weighted by atomic mass is 32.2. The number of para-hydroxylation sites is 1. The first-order valence-electron chi connectivity index (χ1n) is 7.74. The monoisotopic (exact) mass is 363 g/mol. The van der Waals surface area contributed by atoms with E-state index in [4.69, 9.17) is 5.73 Å². The van der Waals surface area contributed by atoms with Gasteiger partial charge in [-0.2, -0.15) is 0 Å². The standard InChI is InChI=1S/C16H21N5O3S/c1-4-12(14(23)18-11-8-6-5-7-10(11)2)21-15(17)19-20-16(21)25-9-13(22)24-3/h5-8,12H,4,9H2,1-3H3,(H2,17,19)(H,18,23). The quantitative estimate of drug-likeness (QED) is 0.571. The molecule has 2 rings (SSSR count). The third-order valence-corrected chi connectivity index (χ3v) is 4.56. The number of hydrogen-bond acceptors (Lipinski definition) is 7. The predicted molar refractivity (Wildman–Crippen MR) is 96.3 cm³/mol. The van der Waals surface area contributed by atoms with Gasteiger partial charge in [0.15, 0.2) is 5.16 Å². The van der Waals surface area contributed by atoms with Gasteiger partial charge in [-0.3, -0.25) is 14.2 Å². The molecule has 25 heavy (non-hydrogen) atoms. The predicted octanol–water partition coefficient (Wildman–Crippen LogP) is 2.02. The van der Waals surface area contributed by atoms with Gasteiger partial charge in [-0.25, -0.2) is 0 Å². The molecule has 1 heterocycles. The summed E-state index contributed by atoms with van der Waals surface area (Å²) in [6.45, 7) is 3.79. The molecule has 0 aliphatic rings. The van der Waals surface area contributed by atoms with Crippen molar-refractivity contribution in [1.82, 2.24) is 14.8 Å². The second kappa shape index (κ2) is 8.52. The van der Waals surface area contributed by atoms with E-state index in [1.54, 1.807) is 4.57 Å². The van der Waals surface area contributed by atoms with Crippen LogP contribution in [-0.2, 0) is 14.3 Å². The summed E-state index contributed by atoms with van der Waals surface area (Å²) in [7, 11) is 1.31. The lowest BCUT2D eigenvalue weighted by Gasteiger charge is -2.19. The molecule has 9 heteroatoms. The maximum absolute atomic E-state index is 12.7. The summed E-state index contributed by atoms with van der Waals surface area (Å²) in [5.41, 5.74) is 7.60. The lowest BCUT2D eigenvalue weighted by molar-refractivity contribution is -0.137. The summed E-state index contributed by atoms with van der Waals surface area (Å²) >= 11 is 1.13. The second-order valence-electron chi connectivity index (χ2n) is 5.30. The number of amides is 1. The van der Waals surface area contributed by atoms with Crippen LogP contribution < -0.4 is 11.1 Å². The molecular formula is C16H21N5O3S. The molecule has 0 spiro atoms. The van der Waals surface area contributed by atoms with E-state index in [9.17, 15) is 9.59 Å². The number of carbonyl (C=O) groups excluding carboxylic acids is 2. The Hall–Kier alpha value is -2.55. The lowest BCUT2D eigenvalue weighted by atomic mass is 10.1. The zero-order chi connectivity index (χ0) is 18.4. The lowest BCUT2D eigenvalue weighted by Crippen LogP contribution is -2.27. The van der Waals surface area contributed by atoms with Gasteiger partial charge in [0.1, 0.15) is 6.04 Å². The van der Waals surface area contributed by atoms with Gasteiger partial charge < -0.3 is 15.8 Å². The number of hydrogen-bond donors (Lipinski definition) is 2. The largest absolute Gasteiger partial charge is 0.468 e. The number of benzene rings is 1. The number of thioether (sulfide) groups is 1. The first kappa shape index (κ1) is 18.8. The van der Waals surface area contributed by atoms with Crippen LogP contribution in [0.15, 0.2) is 29.4 Å². The number of ether oxygens (including phenoxy) is 1. The van der Waals surface area contributed by atoms with E-state index in [0.29, 0.717) is 11.6 Å². The first-order valence-corrected chi connectivity index (χ1v) is 8.73. The highest BCUT2D eigenvalue weighted by Crippen LogP contribution is 2.26. The summed E-state index contributed by atoms with van der Waals surface area (Å²) < 4.78 is 6.16. The number of methoxy groups -OCH3 is 1. The maximum atomic E-state index is 12.7. The van der Waals surface area contributed by atoms with E-state index in [0.717, 1.165) is 23.0 Å². The van der Waals surface area contributed by atoms with E-state index in [-0.39, 0.29) is 17.6 Å². The van der Waals surface area contributed by atoms with Crippen molar-refractivity contribution in [2.24, 2.45) is 0 Å². The van der Waals surface area contributed by atoms with Crippen LogP contribution in [0.25, 0.3) is 0 Å². The molecule has 1 aromatic heterocycles. The van der Waals surface area contributed by atoms with Gasteiger partial charge in [0, 0.05) is 5.69 Å². The zero-order valence-corrected chi connectivity index (χ0v) is 15.2. The zero-order valence-electron chi connectivity index (χ0n) is 14.4. The normalized spacial score (nSPS) is 11.8. The number of nitrogens with zero attached hydrogens (tertiary/aromatic N) is 3. The summed E-state index contributed by atoms with van der Waals surface area (Å²) in [6.07, 6.45) is 0.492. The number of carbonyl (C=O) groups is 2. The Morgan fingerprint density at radius 1 is 1.36 bits per heavy atom. The van der Waals surface area contributed by atoms with Crippen molar-refractivity contribution >= 4 is 35.3 Å². The Kier molecular flexibility index (Phi) is 6.40. The Morgan fingerprint density at radius 2 is 2.08 bits per heavy atom. The van der Waals surface area contributed by atoms with Crippen molar-refractivity contribution in [2.45, 2.75) is 31.5 Å². The Bertz CT molecular complexity index is 762. The van der Waals surface area contributed by atoms with Crippen LogP contribution in [0.5, 0.6) is 0 Å². The number of aromatic nitrogens is 3. The topological polar surface area (TPSA) is 112 Å². The van der Waals surface area contributed by atoms with Gasteiger partial charge in [-0.15, -0.1) is 10.2 Å². The minimum atomic E-state index is -0.588. The molecular weight excluding hydrogens is 342 g/mol. The van der Waals surface area contributed by atoms with Crippen molar-refractivity contribution in [2.75, 3.05) is 23.9 Å². The minimum absolute atomic E-state index is 0.0600. The molecule has 3 N–H and O–H groups in total. The molecule has 2 aromatic rings. The van der Waals surface area contributed by atoms with Crippen LogP contribution in [0.3, 0.4) is 0 Å². The van der Waals surface area contributed by atoms with Gasteiger partial charge in [-0.1, -0.05) is 36.9 Å². The van der Waals surface area contributed by atoms with Crippen molar-refractivity contribution in [1.29, 1.82) is 0 Å².